The normalized spacial score (nSPS) is 22.2. The summed E-state index contributed by atoms with van der Waals surface area (Å²) in [6.45, 7) is 1.86. The fraction of sp³-hybridized carbons (Fsp3) is 0.500. The summed E-state index contributed by atoms with van der Waals surface area (Å²) >= 11 is 0. The van der Waals surface area contributed by atoms with E-state index in [0.717, 1.165) is 4.90 Å². The topological polar surface area (TPSA) is 122 Å². The van der Waals surface area contributed by atoms with E-state index < -0.39 is 52.0 Å². The van der Waals surface area contributed by atoms with Gasteiger partial charge in [0.25, 0.3) is 5.56 Å². The molecule has 1 saturated heterocycles. The van der Waals surface area contributed by atoms with Crippen LogP contribution in [0.2, 0.25) is 0 Å². The molecule has 0 spiro atoms. The molecule has 198 valence electrons. The number of amides is 2. The summed E-state index contributed by atoms with van der Waals surface area (Å²) in [4.78, 5) is 59.3. The zero-order valence-corrected chi connectivity index (χ0v) is 21.4. The Hall–Kier alpha value is -3.60. The first-order chi connectivity index (χ1) is 17.5. The number of halogens is 1. The SMILES string of the molecule is CCC1C2CCC(N(C)C(=O)C(=O)N(C)C)(CO2)c2nc(C(=O)CCc3ccc(F)cc3)c(O)c(=O)n21. The number of likely N-dealkylation sites (N-methyl/N-ethyl adjacent to an activating group) is 2. The highest BCUT2D eigenvalue weighted by molar-refractivity contribution is 6.34. The minimum atomic E-state index is -1.29. The van der Waals surface area contributed by atoms with Gasteiger partial charge in [0, 0.05) is 27.6 Å². The van der Waals surface area contributed by atoms with Gasteiger partial charge >= 0.3 is 11.8 Å². The van der Waals surface area contributed by atoms with Gasteiger partial charge in [-0.05, 0) is 43.4 Å². The number of benzene rings is 1. The smallest absolute Gasteiger partial charge is 0.312 e. The van der Waals surface area contributed by atoms with Crippen LogP contribution in [-0.4, -0.2) is 75.9 Å². The van der Waals surface area contributed by atoms with Crippen molar-refractivity contribution in [3.63, 3.8) is 0 Å². The number of rotatable bonds is 6. The Bertz CT molecular complexity index is 1280. The molecule has 3 aliphatic rings. The van der Waals surface area contributed by atoms with Crippen LogP contribution in [0.5, 0.6) is 5.75 Å². The molecule has 3 aliphatic heterocycles. The number of hydrogen-bond donors (Lipinski definition) is 1. The van der Waals surface area contributed by atoms with Crippen molar-refractivity contribution >= 4 is 17.6 Å². The first-order valence-corrected chi connectivity index (χ1v) is 12.3. The van der Waals surface area contributed by atoms with Gasteiger partial charge in [0.1, 0.15) is 17.2 Å². The maximum atomic E-state index is 13.5. The van der Waals surface area contributed by atoms with E-state index in [9.17, 15) is 28.7 Å². The number of Topliss-reactive ketones (excluding diaryl/α,β-unsaturated/α-hetero) is 1. The molecule has 2 aromatic rings. The number of fused-ring (bicyclic) bond motifs is 2. The van der Waals surface area contributed by atoms with E-state index in [1.165, 1.54) is 42.7 Å². The molecule has 3 unspecified atom stereocenters. The molecule has 0 saturated carbocycles. The van der Waals surface area contributed by atoms with E-state index in [2.05, 4.69) is 4.98 Å². The molecule has 1 N–H and O–H groups in total. The molecule has 37 heavy (non-hydrogen) atoms. The Kier molecular flexibility index (Phi) is 7.18. The van der Waals surface area contributed by atoms with Gasteiger partial charge in [-0.3, -0.25) is 23.7 Å². The number of carbonyl (C=O) groups excluding carboxylic acids is 3. The van der Waals surface area contributed by atoms with Crippen LogP contribution in [0.1, 0.15) is 60.5 Å². The Morgan fingerprint density at radius 1 is 1.19 bits per heavy atom. The number of hydrogen-bond acceptors (Lipinski definition) is 7. The van der Waals surface area contributed by atoms with Crippen molar-refractivity contribution in [2.24, 2.45) is 0 Å². The van der Waals surface area contributed by atoms with E-state index >= 15 is 0 Å². The molecule has 4 heterocycles. The van der Waals surface area contributed by atoms with Crippen LogP contribution >= 0.6 is 0 Å². The van der Waals surface area contributed by atoms with E-state index in [1.54, 1.807) is 12.1 Å². The number of aryl methyl sites for hydroxylation is 1. The summed E-state index contributed by atoms with van der Waals surface area (Å²) in [7, 11) is 4.39. The highest BCUT2D eigenvalue weighted by Crippen LogP contribution is 2.44. The Morgan fingerprint density at radius 3 is 2.43 bits per heavy atom. The quantitative estimate of drug-likeness (QED) is 0.461. The van der Waals surface area contributed by atoms with Crippen molar-refractivity contribution in [3.8, 4) is 5.75 Å². The fourth-order valence-corrected chi connectivity index (χ4v) is 5.20. The molecule has 1 aromatic carbocycles. The third-order valence-corrected chi connectivity index (χ3v) is 7.42. The molecular weight excluding hydrogens is 483 g/mol. The highest BCUT2D eigenvalue weighted by Gasteiger charge is 2.53. The van der Waals surface area contributed by atoms with E-state index in [4.69, 9.17) is 4.74 Å². The Labute approximate surface area is 213 Å². The van der Waals surface area contributed by atoms with E-state index in [0.29, 0.717) is 24.8 Å². The van der Waals surface area contributed by atoms with Crippen LogP contribution in [0, 0.1) is 5.82 Å². The number of aromatic hydroxyl groups is 1. The van der Waals surface area contributed by atoms with Gasteiger partial charge in [-0.15, -0.1) is 0 Å². The number of ketones is 1. The van der Waals surface area contributed by atoms with Gasteiger partial charge in [-0.2, -0.15) is 0 Å². The van der Waals surface area contributed by atoms with Gasteiger partial charge in [0.05, 0.1) is 18.8 Å². The van der Waals surface area contributed by atoms with Crippen molar-refractivity contribution in [1.29, 1.82) is 0 Å². The van der Waals surface area contributed by atoms with Crippen LogP contribution in [0.3, 0.4) is 0 Å². The third-order valence-electron chi connectivity index (χ3n) is 7.42. The third kappa shape index (κ3) is 4.52. The van der Waals surface area contributed by atoms with Crippen molar-refractivity contribution < 1.29 is 28.6 Å². The average Bonchev–Trinajstić information content (AvgIpc) is 3.12. The lowest BCUT2D eigenvalue weighted by atomic mass is 9.87. The largest absolute Gasteiger partial charge is 0.501 e. The molecule has 1 aromatic heterocycles. The number of ether oxygens (including phenoxy) is 1. The maximum Gasteiger partial charge on any atom is 0.312 e. The summed E-state index contributed by atoms with van der Waals surface area (Å²) < 4.78 is 20.7. The van der Waals surface area contributed by atoms with Gasteiger partial charge in [0.15, 0.2) is 11.5 Å². The molecule has 0 radical (unpaired) electrons. The molecule has 0 aliphatic carbocycles. The van der Waals surface area contributed by atoms with Crippen LogP contribution in [0.15, 0.2) is 29.1 Å². The molecule has 5 rings (SSSR count). The number of carbonyl (C=O) groups is 3. The van der Waals surface area contributed by atoms with E-state index in [1.807, 2.05) is 6.92 Å². The first-order valence-electron chi connectivity index (χ1n) is 12.3. The van der Waals surface area contributed by atoms with Crippen molar-refractivity contribution in [1.82, 2.24) is 19.4 Å². The lowest BCUT2D eigenvalue weighted by molar-refractivity contribution is -0.159. The van der Waals surface area contributed by atoms with Crippen molar-refractivity contribution in [2.45, 2.75) is 56.7 Å². The summed E-state index contributed by atoms with van der Waals surface area (Å²) in [5.74, 6) is -3.16. The van der Waals surface area contributed by atoms with Gasteiger partial charge in [-0.1, -0.05) is 19.1 Å². The Morgan fingerprint density at radius 2 is 1.86 bits per heavy atom. The second-order valence-electron chi connectivity index (χ2n) is 9.82. The summed E-state index contributed by atoms with van der Waals surface area (Å²) in [5, 5.41) is 10.8. The van der Waals surface area contributed by atoms with Crippen molar-refractivity contribution in [3.05, 3.63) is 57.5 Å². The standard InChI is InChI=1S/C26H31FN4O6/c1-5-17-19-12-13-26(14-37-19,30(4)24(36)23(35)29(2)3)25-28-20(21(33)22(34)31(17)25)18(32)11-8-15-6-9-16(27)10-7-15/h6-7,9-10,17,19,33H,5,8,11-14H2,1-4H3. The van der Waals surface area contributed by atoms with Crippen LogP contribution in [0.25, 0.3) is 0 Å². The number of nitrogens with zero attached hydrogens (tertiary/aromatic N) is 4. The van der Waals surface area contributed by atoms with Crippen LogP contribution in [0.4, 0.5) is 4.39 Å². The Balaban J connectivity index is 1.81. The summed E-state index contributed by atoms with van der Waals surface area (Å²) in [6.07, 6.45) is 1.16. The summed E-state index contributed by atoms with van der Waals surface area (Å²) in [5.41, 5.74) is -1.76. The number of aromatic nitrogens is 2. The molecular formula is C26H31FN4O6. The molecule has 2 amide bonds. The van der Waals surface area contributed by atoms with Gasteiger partial charge in [0.2, 0.25) is 5.75 Å². The second-order valence-corrected chi connectivity index (χ2v) is 9.82. The predicted molar refractivity (Wildman–Crippen MR) is 131 cm³/mol. The minimum absolute atomic E-state index is 0.0163. The van der Waals surface area contributed by atoms with Gasteiger partial charge in [-0.25, -0.2) is 9.37 Å². The molecule has 10 nitrogen and oxygen atoms in total. The average molecular weight is 515 g/mol. The molecule has 11 heteroatoms. The monoisotopic (exact) mass is 514 g/mol. The van der Waals surface area contributed by atoms with E-state index in [-0.39, 0.29) is 31.4 Å². The second kappa shape index (κ2) is 10.0. The predicted octanol–water partition coefficient (Wildman–Crippen LogP) is 1.79. The molecule has 1 fully saturated rings. The fourth-order valence-electron chi connectivity index (χ4n) is 5.20. The first kappa shape index (κ1) is 26.5. The molecule has 2 bridgehead atoms. The van der Waals surface area contributed by atoms with Crippen LogP contribution < -0.4 is 5.56 Å². The lowest BCUT2D eigenvalue weighted by Gasteiger charge is -2.43. The summed E-state index contributed by atoms with van der Waals surface area (Å²) in [6, 6.07) is 5.22. The van der Waals surface area contributed by atoms with Crippen LogP contribution in [-0.2, 0) is 26.3 Å². The van der Waals surface area contributed by atoms with Gasteiger partial charge < -0.3 is 19.6 Å². The van der Waals surface area contributed by atoms with Crippen molar-refractivity contribution in [2.75, 3.05) is 27.7 Å². The zero-order valence-electron chi connectivity index (χ0n) is 21.4. The lowest BCUT2D eigenvalue weighted by Crippen LogP contribution is -2.56. The highest BCUT2D eigenvalue weighted by atomic mass is 19.1. The maximum absolute atomic E-state index is 13.5. The molecule has 3 atom stereocenters. The zero-order chi connectivity index (χ0) is 27.1. The minimum Gasteiger partial charge on any atom is -0.501 e.